The van der Waals surface area contributed by atoms with E-state index in [9.17, 15) is 24.6 Å². The Morgan fingerprint density at radius 3 is 2.48 bits per heavy atom. The van der Waals surface area contributed by atoms with E-state index in [2.05, 4.69) is 5.32 Å². The molecule has 3 rings (SSSR count). The van der Waals surface area contributed by atoms with Crippen molar-refractivity contribution in [3.8, 4) is 0 Å². The molecule has 7 nitrogen and oxygen atoms in total. The lowest BCUT2D eigenvalue weighted by Crippen LogP contribution is -2.55. The van der Waals surface area contributed by atoms with Gasteiger partial charge in [0.15, 0.2) is 0 Å². The van der Waals surface area contributed by atoms with Crippen molar-refractivity contribution in [3.05, 3.63) is 35.9 Å². The van der Waals surface area contributed by atoms with Crippen LogP contribution in [0.15, 0.2) is 30.3 Å². The van der Waals surface area contributed by atoms with Gasteiger partial charge in [-0.05, 0) is 50.5 Å². The van der Waals surface area contributed by atoms with Gasteiger partial charge < -0.3 is 15.1 Å². The number of aryl methyl sites for hydroxylation is 1. The average molecular weight is 402 g/mol. The Morgan fingerprint density at radius 1 is 1.14 bits per heavy atom. The highest BCUT2D eigenvalue weighted by Crippen LogP contribution is 2.40. The van der Waals surface area contributed by atoms with E-state index in [4.69, 9.17) is 0 Å². The van der Waals surface area contributed by atoms with Crippen LogP contribution in [0.3, 0.4) is 0 Å². The Bertz CT molecular complexity index is 738. The van der Waals surface area contributed by atoms with Crippen LogP contribution in [0.2, 0.25) is 0 Å². The number of hydrogen-bond donors (Lipinski definition) is 3. The number of carbonyl (C=O) groups excluding carboxylic acids is 1. The lowest BCUT2D eigenvalue weighted by atomic mass is 9.84. The number of benzene rings is 1. The van der Waals surface area contributed by atoms with E-state index in [0.29, 0.717) is 19.3 Å². The summed E-state index contributed by atoms with van der Waals surface area (Å²) in [4.78, 5) is 38.2. The highest BCUT2D eigenvalue weighted by atomic mass is 16.4. The van der Waals surface area contributed by atoms with E-state index in [1.54, 1.807) is 6.92 Å². The molecule has 5 atom stereocenters. The quantitative estimate of drug-likeness (QED) is 0.616. The van der Waals surface area contributed by atoms with Crippen molar-refractivity contribution < 1.29 is 24.6 Å². The summed E-state index contributed by atoms with van der Waals surface area (Å²) in [5.41, 5.74) is 1.04. The predicted molar refractivity (Wildman–Crippen MR) is 107 cm³/mol. The molecule has 2 fully saturated rings. The van der Waals surface area contributed by atoms with Crippen LogP contribution in [0.25, 0.3) is 0 Å². The lowest BCUT2D eigenvalue weighted by Gasteiger charge is -2.35. The maximum Gasteiger partial charge on any atom is 0.326 e. The zero-order valence-electron chi connectivity index (χ0n) is 16.8. The highest BCUT2D eigenvalue weighted by Gasteiger charge is 2.48. The number of aliphatic carboxylic acids is 2. The number of carbonyl (C=O) groups is 3. The molecular weight excluding hydrogens is 372 g/mol. The Morgan fingerprint density at radius 2 is 1.83 bits per heavy atom. The zero-order valence-corrected chi connectivity index (χ0v) is 16.8. The number of nitrogens with zero attached hydrogens (tertiary/aromatic N) is 1. The molecule has 1 heterocycles. The summed E-state index contributed by atoms with van der Waals surface area (Å²) >= 11 is 0. The predicted octanol–water partition coefficient (Wildman–Crippen LogP) is 2.29. The summed E-state index contributed by atoms with van der Waals surface area (Å²) in [7, 11) is 0. The van der Waals surface area contributed by atoms with E-state index in [0.717, 1.165) is 31.2 Å². The molecule has 1 saturated heterocycles. The zero-order chi connectivity index (χ0) is 21.0. The molecule has 1 amide bonds. The van der Waals surface area contributed by atoms with E-state index >= 15 is 0 Å². The second kappa shape index (κ2) is 9.39. The summed E-state index contributed by atoms with van der Waals surface area (Å²) in [5.74, 6) is -2.06. The fraction of sp³-hybridized carbons (Fsp3) is 0.591. The van der Waals surface area contributed by atoms with E-state index in [-0.39, 0.29) is 17.9 Å². The van der Waals surface area contributed by atoms with Gasteiger partial charge in [-0.1, -0.05) is 43.2 Å². The monoisotopic (exact) mass is 402 g/mol. The van der Waals surface area contributed by atoms with Crippen LogP contribution in [0.1, 0.15) is 51.0 Å². The van der Waals surface area contributed by atoms with Gasteiger partial charge >= 0.3 is 11.9 Å². The number of amides is 1. The van der Waals surface area contributed by atoms with E-state index < -0.39 is 30.1 Å². The van der Waals surface area contributed by atoms with Gasteiger partial charge in [-0.25, -0.2) is 4.79 Å². The van der Waals surface area contributed by atoms with Crippen LogP contribution in [-0.2, 0) is 20.8 Å². The van der Waals surface area contributed by atoms with Gasteiger partial charge in [-0.2, -0.15) is 0 Å². The molecule has 0 unspecified atom stereocenters. The Labute approximate surface area is 171 Å². The average Bonchev–Trinajstić information content (AvgIpc) is 3.10. The molecule has 2 aliphatic rings. The number of rotatable bonds is 8. The Hall–Kier alpha value is -2.41. The van der Waals surface area contributed by atoms with Gasteiger partial charge in [0, 0.05) is 6.04 Å². The molecule has 158 valence electrons. The van der Waals surface area contributed by atoms with Crippen LogP contribution in [0.5, 0.6) is 0 Å². The number of hydrogen-bond acceptors (Lipinski definition) is 4. The second-order valence-corrected chi connectivity index (χ2v) is 8.25. The van der Waals surface area contributed by atoms with Gasteiger partial charge in [-0.15, -0.1) is 0 Å². The number of carboxylic acid groups (broad SMARTS) is 2. The number of likely N-dealkylation sites (tertiary alicyclic amines) is 1. The van der Waals surface area contributed by atoms with Crippen LogP contribution in [0, 0.1) is 5.92 Å². The minimum Gasteiger partial charge on any atom is -0.480 e. The second-order valence-electron chi connectivity index (χ2n) is 8.25. The molecule has 0 spiro atoms. The Kier molecular flexibility index (Phi) is 6.90. The lowest BCUT2D eigenvalue weighted by molar-refractivity contribution is -0.151. The first-order valence-corrected chi connectivity index (χ1v) is 10.5. The smallest absolute Gasteiger partial charge is 0.326 e. The van der Waals surface area contributed by atoms with Crippen molar-refractivity contribution in [2.75, 3.05) is 0 Å². The summed E-state index contributed by atoms with van der Waals surface area (Å²) < 4.78 is 0. The van der Waals surface area contributed by atoms with Crippen molar-refractivity contribution >= 4 is 17.8 Å². The number of nitrogens with one attached hydrogen (secondary N) is 1. The SMILES string of the molecule is C[C@H](N[C@@H](CCc1ccccc1)C(=O)O)C(=O)N1[C@@H]2CCCC[C@H]2C[C@H]1C(=O)O. The number of carboxylic acids is 2. The normalized spacial score (nSPS) is 25.8. The topological polar surface area (TPSA) is 107 Å². The van der Waals surface area contributed by atoms with E-state index in [1.807, 2.05) is 30.3 Å². The molecule has 0 radical (unpaired) electrons. The molecule has 7 heteroatoms. The van der Waals surface area contributed by atoms with Crippen molar-refractivity contribution in [3.63, 3.8) is 0 Å². The fourth-order valence-electron chi connectivity index (χ4n) is 4.83. The molecule has 0 aromatic heterocycles. The maximum atomic E-state index is 13.2. The molecule has 1 saturated carbocycles. The molecule has 0 bridgehead atoms. The fourth-order valence-corrected chi connectivity index (χ4v) is 4.83. The minimum atomic E-state index is -1.01. The standard InChI is InChI=1S/C22H30N2O5/c1-14(23-17(21(26)27)12-11-15-7-3-2-4-8-15)20(25)24-18-10-6-5-9-16(18)13-19(24)22(28)29/h2-4,7-8,14,16-19,23H,5-6,9-13H2,1H3,(H,26,27)(H,28,29)/t14-,16-,17-,18+,19-/m0/s1. The molecule has 29 heavy (non-hydrogen) atoms. The molecule has 1 aliphatic heterocycles. The third-order valence-corrected chi connectivity index (χ3v) is 6.31. The molecule has 1 aromatic rings. The van der Waals surface area contributed by atoms with Gasteiger partial charge in [0.2, 0.25) is 5.91 Å². The van der Waals surface area contributed by atoms with Crippen LogP contribution < -0.4 is 5.32 Å². The summed E-state index contributed by atoms with van der Waals surface area (Å²) in [6, 6.07) is 7.12. The van der Waals surface area contributed by atoms with Crippen molar-refractivity contribution in [1.82, 2.24) is 10.2 Å². The van der Waals surface area contributed by atoms with Gasteiger partial charge in [-0.3, -0.25) is 14.9 Å². The molecular formula is C22H30N2O5. The third kappa shape index (κ3) is 4.96. The summed E-state index contributed by atoms with van der Waals surface area (Å²) in [5, 5.41) is 22.2. The molecule has 3 N–H and O–H groups in total. The van der Waals surface area contributed by atoms with Gasteiger partial charge in [0.1, 0.15) is 12.1 Å². The van der Waals surface area contributed by atoms with Crippen LogP contribution in [0.4, 0.5) is 0 Å². The molecule has 1 aromatic carbocycles. The van der Waals surface area contributed by atoms with Gasteiger partial charge in [0.25, 0.3) is 0 Å². The summed E-state index contributed by atoms with van der Waals surface area (Å²) in [6.45, 7) is 1.63. The van der Waals surface area contributed by atoms with Crippen molar-refractivity contribution in [2.45, 2.75) is 76.0 Å². The van der Waals surface area contributed by atoms with Crippen LogP contribution in [-0.4, -0.2) is 57.1 Å². The third-order valence-electron chi connectivity index (χ3n) is 6.31. The first-order chi connectivity index (χ1) is 13.9. The highest BCUT2D eigenvalue weighted by molar-refractivity contribution is 5.88. The van der Waals surface area contributed by atoms with Crippen molar-refractivity contribution in [2.24, 2.45) is 5.92 Å². The maximum absolute atomic E-state index is 13.2. The first-order valence-electron chi connectivity index (χ1n) is 10.5. The largest absolute Gasteiger partial charge is 0.480 e. The number of fused-ring (bicyclic) bond motifs is 1. The van der Waals surface area contributed by atoms with Crippen LogP contribution >= 0.6 is 0 Å². The Balaban J connectivity index is 1.66. The summed E-state index contributed by atoms with van der Waals surface area (Å²) in [6.07, 6.45) is 5.27. The van der Waals surface area contributed by atoms with E-state index in [1.165, 1.54) is 4.90 Å². The molecule has 1 aliphatic carbocycles. The van der Waals surface area contributed by atoms with Crippen molar-refractivity contribution in [1.29, 1.82) is 0 Å². The minimum absolute atomic E-state index is 0.0470. The van der Waals surface area contributed by atoms with Gasteiger partial charge in [0.05, 0.1) is 6.04 Å². The first kappa shape index (κ1) is 21.3.